The van der Waals surface area contributed by atoms with Crippen LogP contribution in [-0.2, 0) is 5.41 Å². The van der Waals surface area contributed by atoms with Crippen molar-refractivity contribution < 1.29 is 4.42 Å². The summed E-state index contributed by atoms with van der Waals surface area (Å²) < 4.78 is 6.28. The summed E-state index contributed by atoms with van der Waals surface area (Å²) in [5, 5.41) is 4.68. The normalized spacial score (nSPS) is 13.3. The Kier molecular flexibility index (Phi) is 5.58. The monoisotopic (exact) mass is 577 g/mol. The fourth-order valence-electron chi connectivity index (χ4n) is 7.45. The molecule has 2 nitrogen and oxygen atoms in total. The lowest BCUT2D eigenvalue weighted by Gasteiger charge is -2.29. The summed E-state index contributed by atoms with van der Waals surface area (Å²) in [5.74, 6) is 0. The largest absolute Gasteiger partial charge is 0.456 e. The van der Waals surface area contributed by atoms with Gasteiger partial charge in [0.2, 0.25) is 0 Å². The van der Waals surface area contributed by atoms with E-state index in [4.69, 9.17) is 4.42 Å². The third-order valence-electron chi connectivity index (χ3n) is 9.68. The van der Waals surface area contributed by atoms with Crippen LogP contribution in [0.25, 0.3) is 55.0 Å². The third kappa shape index (κ3) is 3.89. The summed E-state index contributed by atoms with van der Waals surface area (Å²) in [6, 6.07) is 54.7. The Morgan fingerprint density at radius 2 is 1.16 bits per heavy atom. The molecule has 2 heteroatoms. The summed E-state index contributed by atoms with van der Waals surface area (Å²) in [6.07, 6.45) is 0. The number of hydrogen-bond acceptors (Lipinski definition) is 2. The quantitative estimate of drug-likeness (QED) is 0.207. The van der Waals surface area contributed by atoms with E-state index < -0.39 is 0 Å². The highest BCUT2D eigenvalue weighted by molar-refractivity contribution is 6.21. The summed E-state index contributed by atoms with van der Waals surface area (Å²) in [7, 11) is 0. The van der Waals surface area contributed by atoms with Gasteiger partial charge in [0.1, 0.15) is 11.2 Å². The summed E-state index contributed by atoms with van der Waals surface area (Å²) in [5.41, 5.74) is 13.0. The molecule has 0 spiro atoms. The van der Waals surface area contributed by atoms with E-state index in [1.807, 2.05) is 6.07 Å². The summed E-state index contributed by atoms with van der Waals surface area (Å²) >= 11 is 0. The van der Waals surface area contributed by atoms with Crippen molar-refractivity contribution in [2.45, 2.75) is 19.3 Å². The number of nitrogens with zero attached hydrogens (tertiary/aromatic N) is 1. The molecule has 0 radical (unpaired) electrons. The number of hydrogen-bond donors (Lipinski definition) is 0. The van der Waals surface area contributed by atoms with Gasteiger partial charge in [0.15, 0.2) is 0 Å². The zero-order valence-electron chi connectivity index (χ0n) is 25.3. The lowest BCUT2D eigenvalue weighted by Crippen LogP contribution is -2.16. The second-order valence-corrected chi connectivity index (χ2v) is 12.6. The smallest absolute Gasteiger partial charge is 0.136 e. The minimum absolute atomic E-state index is 0.0919. The molecule has 0 aliphatic heterocycles. The minimum atomic E-state index is -0.0919. The van der Waals surface area contributed by atoms with Crippen LogP contribution in [0.2, 0.25) is 0 Å². The Labute approximate surface area is 262 Å². The molecule has 45 heavy (non-hydrogen) atoms. The van der Waals surface area contributed by atoms with E-state index in [0.29, 0.717) is 0 Å². The van der Waals surface area contributed by atoms with Crippen LogP contribution in [0, 0.1) is 0 Å². The maximum atomic E-state index is 6.28. The fraction of sp³-hybridized carbons (Fsp3) is 0.0698. The zero-order chi connectivity index (χ0) is 30.1. The standard InChI is InChI=1S/C43H31NO/c1-43(2)37-16-8-6-13-32(37)33-24-23-31(27-38(33)43)44(30-21-19-29(20-22-30)28-11-4-3-5-12-28)39-17-10-15-35-34(39)25-26-41-42(35)36-14-7-9-18-40(36)45-41/h3-27H,1-2H3. The molecule has 0 saturated carbocycles. The van der Waals surface area contributed by atoms with Crippen molar-refractivity contribution >= 4 is 49.8 Å². The molecule has 0 atom stereocenters. The van der Waals surface area contributed by atoms with Crippen molar-refractivity contribution in [3.8, 4) is 22.3 Å². The van der Waals surface area contributed by atoms with Crippen molar-refractivity contribution in [2.75, 3.05) is 4.90 Å². The fourth-order valence-corrected chi connectivity index (χ4v) is 7.45. The van der Waals surface area contributed by atoms with Crippen molar-refractivity contribution in [2.24, 2.45) is 0 Å². The van der Waals surface area contributed by atoms with E-state index in [1.54, 1.807) is 0 Å². The van der Waals surface area contributed by atoms with Crippen LogP contribution in [0.1, 0.15) is 25.0 Å². The maximum absolute atomic E-state index is 6.28. The van der Waals surface area contributed by atoms with Gasteiger partial charge in [-0.2, -0.15) is 0 Å². The zero-order valence-corrected chi connectivity index (χ0v) is 25.3. The number of rotatable bonds is 4. The van der Waals surface area contributed by atoms with Crippen LogP contribution in [0.15, 0.2) is 156 Å². The Morgan fingerprint density at radius 1 is 0.467 bits per heavy atom. The molecule has 0 amide bonds. The topological polar surface area (TPSA) is 16.4 Å². The Bertz CT molecular complexity index is 2400. The molecule has 0 saturated heterocycles. The summed E-state index contributed by atoms with van der Waals surface area (Å²) in [4.78, 5) is 2.42. The Hall–Kier alpha value is -5.60. The first-order valence-electron chi connectivity index (χ1n) is 15.6. The third-order valence-corrected chi connectivity index (χ3v) is 9.68. The van der Waals surface area contributed by atoms with E-state index >= 15 is 0 Å². The van der Waals surface area contributed by atoms with Crippen molar-refractivity contribution in [1.29, 1.82) is 0 Å². The van der Waals surface area contributed by atoms with Gasteiger partial charge in [-0.1, -0.05) is 117 Å². The van der Waals surface area contributed by atoms with Crippen LogP contribution < -0.4 is 4.90 Å². The second-order valence-electron chi connectivity index (χ2n) is 12.6. The van der Waals surface area contributed by atoms with Gasteiger partial charge in [-0.05, 0) is 87.3 Å². The molecule has 0 N–H and O–H groups in total. The van der Waals surface area contributed by atoms with Gasteiger partial charge in [0.25, 0.3) is 0 Å². The molecule has 0 unspecified atom stereocenters. The van der Waals surface area contributed by atoms with Gasteiger partial charge in [-0.3, -0.25) is 0 Å². The number of fused-ring (bicyclic) bond motifs is 8. The first-order chi connectivity index (χ1) is 22.1. The van der Waals surface area contributed by atoms with Crippen molar-refractivity contribution in [3.63, 3.8) is 0 Å². The predicted molar refractivity (Wildman–Crippen MR) is 189 cm³/mol. The molecular weight excluding hydrogens is 546 g/mol. The second kappa shape index (κ2) is 9.70. The number of benzene rings is 7. The SMILES string of the molecule is CC1(C)c2ccccc2-c2ccc(N(c3ccc(-c4ccccc4)cc3)c3cccc4c3ccc3oc5ccccc5c34)cc21. The highest BCUT2D eigenvalue weighted by atomic mass is 16.3. The minimum Gasteiger partial charge on any atom is -0.456 e. The molecule has 0 fully saturated rings. The predicted octanol–water partition coefficient (Wildman–Crippen LogP) is 12.2. The Balaban J connectivity index is 1.28. The molecule has 9 rings (SSSR count). The van der Waals surface area contributed by atoms with E-state index in [9.17, 15) is 0 Å². The number of furan rings is 1. The van der Waals surface area contributed by atoms with Crippen LogP contribution in [-0.4, -0.2) is 0 Å². The van der Waals surface area contributed by atoms with Gasteiger partial charge in [-0.25, -0.2) is 0 Å². The molecule has 1 aliphatic rings. The van der Waals surface area contributed by atoms with Gasteiger partial charge >= 0.3 is 0 Å². The van der Waals surface area contributed by atoms with Gasteiger partial charge < -0.3 is 9.32 Å². The molecule has 1 aromatic heterocycles. The van der Waals surface area contributed by atoms with Gasteiger partial charge in [0, 0.05) is 32.9 Å². The van der Waals surface area contributed by atoms with Crippen molar-refractivity contribution in [3.05, 3.63) is 163 Å². The first kappa shape index (κ1) is 25.9. The highest BCUT2D eigenvalue weighted by Crippen LogP contribution is 2.51. The Morgan fingerprint density at radius 3 is 2.02 bits per heavy atom. The molecule has 214 valence electrons. The maximum Gasteiger partial charge on any atom is 0.136 e. The molecule has 0 bridgehead atoms. The molecular formula is C43H31NO. The van der Waals surface area contributed by atoms with Gasteiger partial charge in [-0.15, -0.1) is 0 Å². The van der Waals surface area contributed by atoms with Crippen LogP contribution in [0.3, 0.4) is 0 Å². The van der Waals surface area contributed by atoms with E-state index in [0.717, 1.165) is 39.0 Å². The molecule has 1 heterocycles. The first-order valence-corrected chi connectivity index (χ1v) is 15.6. The number of anilines is 3. The average molecular weight is 578 g/mol. The summed E-state index contributed by atoms with van der Waals surface area (Å²) in [6.45, 7) is 4.69. The van der Waals surface area contributed by atoms with Crippen LogP contribution in [0.5, 0.6) is 0 Å². The number of para-hydroxylation sites is 1. The molecule has 8 aromatic rings. The highest BCUT2D eigenvalue weighted by Gasteiger charge is 2.35. The molecule has 7 aromatic carbocycles. The van der Waals surface area contributed by atoms with E-state index in [-0.39, 0.29) is 5.41 Å². The van der Waals surface area contributed by atoms with E-state index in [2.05, 4.69) is 164 Å². The van der Waals surface area contributed by atoms with Crippen LogP contribution in [0.4, 0.5) is 17.1 Å². The van der Waals surface area contributed by atoms with Gasteiger partial charge in [0.05, 0.1) is 5.69 Å². The lowest BCUT2D eigenvalue weighted by atomic mass is 9.82. The van der Waals surface area contributed by atoms with E-state index in [1.165, 1.54) is 44.2 Å². The van der Waals surface area contributed by atoms with Crippen molar-refractivity contribution in [1.82, 2.24) is 0 Å². The lowest BCUT2D eigenvalue weighted by molar-refractivity contribution is 0.660. The van der Waals surface area contributed by atoms with Crippen LogP contribution >= 0.6 is 0 Å². The molecule has 1 aliphatic carbocycles. The average Bonchev–Trinajstić information content (AvgIpc) is 3.58.